The van der Waals surface area contributed by atoms with E-state index in [2.05, 4.69) is 67.4 Å². The number of hydrogen-bond acceptors (Lipinski definition) is 3. The predicted octanol–water partition coefficient (Wildman–Crippen LogP) is 6.29. The molecule has 1 aliphatic rings. The lowest BCUT2D eigenvalue weighted by Crippen LogP contribution is -2.30. The van der Waals surface area contributed by atoms with Crippen molar-refractivity contribution >= 4 is 27.9 Å². The average Bonchev–Trinajstić information content (AvgIpc) is 3.28. The summed E-state index contributed by atoms with van der Waals surface area (Å²) in [6, 6.07) is 14.7. The van der Waals surface area contributed by atoms with Crippen molar-refractivity contribution < 1.29 is 9.53 Å². The minimum absolute atomic E-state index is 0.293. The highest BCUT2D eigenvalue weighted by atomic mass is 16.5. The van der Waals surface area contributed by atoms with Crippen molar-refractivity contribution in [2.75, 3.05) is 7.11 Å². The van der Waals surface area contributed by atoms with E-state index in [1.807, 2.05) is 18.2 Å². The van der Waals surface area contributed by atoms with Crippen LogP contribution in [0.25, 0.3) is 21.9 Å². The van der Waals surface area contributed by atoms with Crippen LogP contribution in [0.15, 0.2) is 48.7 Å². The molecule has 2 heterocycles. The summed E-state index contributed by atoms with van der Waals surface area (Å²) < 4.78 is 9.61. The summed E-state index contributed by atoms with van der Waals surface area (Å²) in [4.78, 5) is 17.3. The Morgan fingerprint density at radius 3 is 2.70 bits per heavy atom. The SMILES string of the molecule is COC(=O)c1ccc2c(c1)nc(Cc1cn(C)c3ccccc13)n2C1C[C@H](C)CC(C)(C)C1. The summed E-state index contributed by atoms with van der Waals surface area (Å²) in [7, 11) is 3.52. The third kappa shape index (κ3) is 3.94. The number of imidazole rings is 1. The third-order valence-electron chi connectivity index (χ3n) is 7.24. The number of nitrogens with zero attached hydrogens (tertiary/aromatic N) is 3. The highest BCUT2D eigenvalue weighted by Gasteiger charge is 2.34. The average molecular weight is 444 g/mol. The van der Waals surface area contributed by atoms with Gasteiger partial charge in [-0.25, -0.2) is 9.78 Å². The quantitative estimate of drug-likeness (QED) is 0.348. The molecule has 0 spiro atoms. The zero-order chi connectivity index (χ0) is 23.3. The van der Waals surface area contributed by atoms with Crippen molar-refractivity contribution in [1.29, 1.82) is 0 Å². The van der Waals surface area contributed by atoms with E-state index >= 15 is 0 Å². The first-order valence-corrected chi connectivity index (χ1v) is 11.9. The largest absolute Gasteiger partial charge is 0.465 e. The molecule has 5 heteroatoms. The fraction of sp³-hybridized carbons (Fsp3) is 0.429. The number of esters is 1. The molecule has 4 aromatic rings. The highest BCUT2D eigenvalue weighted by molar-refractivity contribution is 5.93. The summed E-state index contributed by atoms with van der Waals surface area (Å²) in [6.45, 7) is 7.13. The van der Waals surface area contributed by atoms with Crippen LogP contribution in [0.3, 0.4) is 0 Å². The molecule has 172 valence electrons. The number of benzene rings is 2. The molecule has 2 aromatic heterocycles. The van der Waals surface area contributed by atoms with Gasteiger partial charge >= 0.3 is 5.97 Å². The molecule has 1 aliphatic carbocycles. The minimum Gasteiger partial charge on any atom is -0.465 e. The van der Waals surface area contributed by atoms with Crippen LogP contribution < -0.4 is 0 Å². The van der Waals surface area contributed by atoms with Crippen molar-refractivity contribution in [2.24, 2.45) is 18.4 Å². The van der Waals surface area contributed by atoms with Gasteiger partial charge in [-0.05, 0) is 60.4 Å². The van der Waals surface area contributed by atoms with Crippen LogP contribution >= 0.6 is 0 Å². The molecule has 0 bridgehead atoms. The first-order chi connectivity index (χ1) is 15.8. The maximum atomic E-state index is 12.2. The number of aryl methyl sites for hydroxylation is 1. The Kier molecular flexibility index (Phi) is 5.31. The van der Waals surface area contributed by atoms with Crippen LogP contribution in [-0.2, 0) is 18.2 Å². The molecule has 0 saturated heterocycles. The summed E-state index contributed by atoms with van der Waals surface area (Å²) in [6.07, 6.45) is 6.51. The number of carbonyl (C=O) groups is 1. The highest BCUT2D eigenvalue weighted by Crippen LogP contribution is 2.45. The van der Waals surface area contributed by atoms with E-state index in [9.17, 15) is 4.79 Å². The van der Waals surface area contributed by atoms with Gasteiger partial charge in [-0.3, -0.25) is 0 Å². The van der Waals surface area contributed by atoms with Gasteiger partial charge in [0, 0.05) is 36.6 Å². The molecule has 1 unspecified atom stereocenters. The van der Waals surface area contributed by atoms with Crippen molar-refractivity contribution in [2.45, 2.75) is 52.5 Å². The lowest BCUT2D eigenvalue weighted by atomic mass is 9.70. The van der Waals surface area contributed by atoms with Gasteiger partial charge in [0.1, 0.15) is 5.82 Å². The molecular weight excluding hydrogens is 410 g/mol. The number of rotatable bonds is 4. The lowest BCUT2D eigenvalue weighted by molar-refractivity contribution is 0.0601. The second kappa shape index (κ2) is 8.05. The molecular formula is C28H33N3O2. The van der Waals surface area contributed by atoms with Gasteiger partial charge in [0.25, 0.3) is 0 Å². The first kappa shape index (κ1) is 21.7. The van der Waals surface area contributed by atoms with Crippen molar-refractivity contribution in [1.82, 2.24) is 14.1 Å². The van der Waals surface area contributed by atoms with Gasteiger partial charge in [0.05, 0.1) is 23.7 Å². The van der Waals surface area contributed by atoms with E-state index < -0.39 is 0 Å². The maximum Gasteiger partial charge on any atom is 0.337 e. The number of ether oxygens (including phenoxy) is 1. The topological polar surface area (TPSA) is 49.0 Å². The normalized spacial score (nSPS) is 20.4. The van der Waals surface area contributed by atoms with Crippen LogP contribution in [0.5, 0.6) is 0 Å². The van der Waals surface area contributed by atoms with E-state index in [-0.39, 0.29) is 5.97 Å². The molecule has 33 heavy (non-hydrogen) atoms. The second-order valence-corrected chi connectivity index (χ2v) is 10.6. The molecule has 0 N–H and O–H groups in total. The predicted molar refractivity (Wildman–Crippen MR) is 133 cm³/mol. The smallest absolute Gasteiger partial charge is 0.337 e. The van der Waals surface area contributed by atoms with E-state index in [1.54, 1.807) is 0 Å². The molecule has 5 rings (SSSR count). The molecule has 5 nitrogen and oxygen atoms in total. The van der Waals surface area contributed by atoms with Gasteiger partial charge < -0.3 is 13.9 Å². The van der Waals surface area contributed by atoms with Gasteiger partial charge in [-0.2, -0.15) is 0 Å². The van der Waals surface area contributed by atoms with Crippen LogP contribution in [-0.4, -0.2) is 27.2 Å². The molecule has 0 amide bonds. The van der Waals surface area contributed by atoms with Crippen LogP contribution in [0.1, 0.15) is 67.8 Å². The lowest BCUT2D eigenvalue weighted by Gasteiger charge is -2.40. The Balaban J connectivity index is 1.66. The van der Waals surface area contributed by atoms with E-state index in [1.165, 1.54) is 30.0 Å². The van der Waals surface area contributed by atoms with Crippen molar-refractivity contribution in [3.05, 3.63) is 65.6 Å². The Hall–Kier alpha value is -3.08. The maximum absolute atomic E-state index is 12.2. The standard InChI is InChI=1S/C28H33N3O2/c1-18-12-21(16-28(2,3)15-18)31-25-11-10-19(27(32)33-5)13-23(25)29-26(31)14-20-17-30(4)24-9-7-6-8-22(20)24/h6-11,13,17-18,21H,12,14-16H2,1-5H3/t18-,21?/m0/s1. The number of hydrogen-bond donors (Lipinski definition) is 0. The zero-order valence-electron chi connectivity index (χ0n) is 20.3. The fourth-order valence-electron chi connectivity index (χ4n) is 6.15. The molecule has 0 aliphatic heterocycles. The molecule has 2 aromatic carbocycles. The van der Waals surface area contributed by atoms with E-state index in [4.69, 9.17) is 9.72 Å². The fourth-order valence-corrected chi connectivity index (χ4v) is 6.15. The van der Waals surface area contributed by atoms with E-state index in [0.29, 0.717) is 22.9 Å². The summed E-state index contributed by atoms with van der Waals surface area (Å²) in [5.74, 6) is 1.41. The third-order valence-corrected chi connectivity index (χ3v) is 7.24. The monoisotopic (exact) mass is 443 g/mol. The van der Waals surface area contributed by atoms with Crippen molar-refractivity contribution in [3.63, 3.8) is 0 Å². The van der Waals surface area contributed by atoms with Gasteiger partial charge in [-0.1, -0.05) is 39.0 Å². The minimum atomic E-state index is -0.325. The number of carbonyl (C=O) groups excluding carboxylic acids is 1. The van der Waals surface area contributed by atoms with Gasteiger partial charge in [0.15, 0.2) is 0 Å². The van der Waals surface area contributed by atoms with Crippen LogP contribution in [0.2, 0.25) is 0 Å². The Morgan fingerprint density at radius 1 is 1.15 bits per heavy atom. The van der Waals surface area contributed by atoms with Gasteiger partial charge in [0.2, 0.25) is 0 Å². The van der Waals surface area contributed by atoms with Crippen molar-refractivity contribution in [3.8, 4) is 0 Å². The molecule has 1 saturated carbocycles. The number of aromatic nitrogens is 3. The Labute approximate surface area is 195 Å². The van der Waals surface area contributed by atoms with Gasteiger partial charge in [-0.15, -0.1) is 0 Å². The van der Waals surface area contributed by atoms with Crippen LogP contribution in [0, 0.1) is 11.3 Å². The Morgan fingerprint density at radius 2 is 1.94 bits per heavy atom. The first-order valence-electron chi connectivity index (χ1n) is 11.9. The number of fused-ring (bicyclic) bond motifs is 2. The molecule has 1 fully saturated rings. The van der Waals surface area contributed by atoms with E-state index in [0.717, 1.165) is 36.1 Å². The number of methoxy groups -OCH3 is 1. The molecule has 2 atom stereocenters. The Bertz CT molecular complexity index is 1340. The number of para-hydroxylation sites is 1. The summed E-state index contributed by atoms with van der Waals surface area (Å²) in [5, 5.41) is 1.27. The van der Waals surface area contributed by atoms with Crippen LogP contribution in [0.4, 0.5) is 0 Å². The molecule has 0 radical (unpaired) electrons. The second-order valence-electron chi connectivity index (χ2n) is 10.6. The summed E-state index contributed by atoms with van der Waals surface area (Å²) >= 11 is 0. The summed E-state index contributed by atoms with van der Waals surface area (Å²) in [5.41, 5.74) is 5.32. The zero-order valence-corrected chi connectivity index (χ0v) is 20.3.